The minimum absolute atomic E-state index is 0.0742. The summed E-state index contributed by atoms with van der Waals surface area (Å²) in [5.41, 5.74) is 1.89. The molecule has 1 saturated carbocycles. The highest BCUT2D eigenvalue weighted by Gasteiger charge is 2.34. The monoisotopic (exact) mass is 271 g/mol. The molecule has 0 saturated heterocycles. The molecule has 1 aliphatic rings. The SMILES string of the molecule is COc1ccc(C(CC(=O)O)C2CC2)c2cccnc12. The summed E-state index contributed by atoms with van der Waals surface area (Å²) in [4.78, 5) is 15.5. The van der Waals surface area contributed by atoms with Gasteiger partial charge in [0.2, 0.25) is 0 Å². The average Bonchev–Trinajstić information content (AvgIpc) is 3.28. The first-order chi connectivity index (χ1) is 9.70. The maximum absolute atomic E-state index is 11.1. The van der Waals surface area contributed by atoms with Crippen LogP contribution < -0.4 is 4.74 Å². The lowest BCUT2D eigenvalue weighted by atomic mass is 9.88. The number of carboxylic acid groups (broad SMARTS) is 1. The maximum atomic E-state index is 11.1. The summed E-state index contributed by atoms with van der Waals surface area (Å²) in [6.45, 7) is 0. The predicted octanol–water partition coefficient (Wildman–Crippen LogP) is 3.21. The van der Waals surface area contributed by atoms with Crippen LogP contribution >= 0.6 is 0 Å². The number of aliphatic carboxylic acids is 1. The van der Waals surface area contributed by atoms with Gasteiger partial charge in [0.15, 0.2) is 0 Å². The quantitative estimate of drug-likeness (QED) is 0.907. The summed E-state index contributed by atoms with van der Waals surface area (Å²) < 4.78 is 5.34. The summed E-state index contributed by atoms with van der Waals surface area (Å²) >= 11 is 0. The van der Waals surface area contributed by atoms with Crippen LogP contribution in [0.5, 0.6) is 5.75 Å². The van der Waals surface area contributed by atoms with Crippen molar-refractivity contribution in [3.05, 3.63) is 36.0 Å². The molecule has 3 rings (SSSR count). The highest BCUT2D eigenvalue weighted by atomic mass is 16.5. The van der Waals surface area contributed by atoms with Gasteiger partial charge in [0.05, 0.1) is 13.5 Å². The number of hydrogen-bond acceptors (Lipinski definition) is 3. The molecule has 0 bridgehead atoms. The zero-order valence-corrected chi connectivity index (χ0v) is 11.4. The number of pyridine rings is 1. The van der Waals surface area contributed by atoms with Crippen molar-refractivity contribution in [3.8, 4) is 5.75 Å². The maximum Gasteiger partial charge on any atom is 0.303 e. The normalized spacial score (nSPS) is 16.1. The van der Waals surface area contributed by atoms with Crippen molar-refractivity contribution in [2.24, 2.45) is 5.92 Å². The first kappa shape index (κ1) is 12.9. The van der Waals surface area contributed by atoms with E-state index in [-0.39, 0.29) is 12.3 Å². The van der Waals surface area contributed by atoms with Gasteiger partial charge in [-0.3, -0.25) is 9.78 Å². The Hall–Kier alpha value is -2.10. The number of fused-ring (bicyclic) bond motifs is 1. The van der Waals surface area contributed by atoms with Crippen LogP contribution in [0.15, 0.2) is 30.5 Å². The zero-order chi connectivity index (χ0) is 14.1. The molecule has 1 unspecified atom stereocenters. The van der Waals surface area contributed by atoms with E-state index in [9.17, 15) is 4.79 Å². The third-order valence-electron chi connectivity index (χ3n) is 3.97. The van der Waals surface area contributed by atoms with Crippen LogP contribution in [0.3, 0.4) is 0 Å². The molecule has 1 heterocycles. The fourth-order valence-corrected chi connectivity index (χ4v) is 2.87. The van der Waals surface area contributed by atoms with Gasteiger partial charge in [-0.2, -0.15) is 0 Å². The van der Waals surface area contributed by atoms with Crippen LogP contribution in [-0.4, -0.2) is 23.2 Å². The van der Waals surface area contributed by atoms with Crippen LogP contribution in [0.1, 0.15) is 30.7 Å². The van der Waals surface area contributed by atoms with Crippen molar-refractivity contribution in [1.29, 1.82) is 0 Å². The summed E-state index contributed by atoms with van der Waals surface area (Å²) in [7, 11) is 1.62. The second-order valence-electron chi connectivity index (χ2n) is 5.30. The first-order valence-corrected chi connectivity index (χ1v) is 6.84. The van der Waals surface area contributed by atoms with Gasteiger partial charge >= 0.3 is 5.97 Å². The summed E-state index contributed by atoms with van der Waals surface area (Å²) in [5, 5.41) is 10.2. The molecule has 0 aliphatic heterocycles. The van der Waals surface area contributed by atoms with E-state index >= 15 is 0 Å². The molecule has 104 valence electrons. The number of hydrogen-bond donors (Lipinski definition) is 1. The number of rotatable bonds is 5. The van der Waals surface area contributed by atoms with E-state index in [1.54, 1.807) is 13.3 Å². The lowest BCUT2D eigenvalue weighted by molar-refractivity contribution is -0.137. The van der Waals surface area contributed by atoms with Gasteiger partial charge in [-0.05, 0) is 42.4 Å². The molecule has 0 radical (unpaired) electrons. The van der Waals surface area contributed by atoms with E-state index in [1.807, 2.05) is 24.3 Å². The molecule has 20 heavy (non-hydrogen) atoms. The smallest absolute Gasteiger partial charge is 0.303 e. The van der Waals surface area contributed by atoms with E-state index in [2.05, 4.69) is 4.98 Å². The first-order valence-electron chi connectivity index (χ1n) is 6.84. The lowest BCUT2D eigenvalue weighted by Crippen LogP contribution is -2.09. The summed E-state index contributed by atoms with van der Waals surface area (Å²) in [6, 6.07) is 7.77. The van der Waals surface area contributed by atoms with Crippen LogP contribution in [-0.2, 0) is 4.79 Å². The van der Waals surface area contributed by atoms with Crippen molar-refractivity contribution < 1.29 is 14.6 Å². The van der Waals surface area contributed by atoms with E-state index in [1.165, 1.54) is 0 Å². The van der Waals surface area contributed by atoms with Gasteiger partial charge in [-0.15, -0.1) is 0 Å². The van der Waals surface area contributed by atoms with Gasteiger partial charge < -0.3 is 9.84 Å². The number of carbonyl (C=O) groups is 1. The zero-order valence-electron chi connectivity index (χ0n) is 11.4. The Balaban J connectivity index is 2.12. The summed E-state index contributed by atoms with van der Waals surface area (Å²) in [6.07, 6.45) is 4.15. The molecule has 1 N–H and O–H groups in total. The summed E-state index contributed by atoms with van der Waals surface area (Å²) in [5.74, 6) is 0.553. The van der Waals surface area contributed by atoms with Crippen LogP contribution in [0.4, 0.5) is 0 Å². The van der Waals surface area contributed by atoms with E-state index in [0.29, 0.717) is 5.92 Å². The van der Waals surface area contributed by atoms with Crippen molar-refractivity contribution >= 4 is 16.9 Å². The Kier molecular flexibility index (Phi) is 3.30. The van der Waals surface area contributed by atoms with Gasteiger partial charge in [-0.1, -0.05) is 12.1 Å². The number of nitrogens with zero attached hydrogens (tertiary/aromatic N) is 1. The standard InChI is InChI=1S/C16H17NO3/c1-20-14-7-6-11(12-3-2-8-17-16(12)14)13(9-15(18)19)10-4-5-10/h2-3,6-8,10,13H,4-5,9H2,1H3,(H,18,19). The topological polar surface area (TPSA) is 59.4 Å². The lowest BCUT2D eigenvalue weighted by Gasteiger charge is -2.18. The molecule has 0 spiro atoms. The highest BCUT2D eigenvalue weighted by Crippen LogP contribution is 2.46. The Bertz CT molecular complexity index is 649. The molecule has 1 fully saturated rings. The van der Waals surface area contributed by atoms with E-state index in [4.69, 9.17) is 9.84 Å². The Morgan fingerprint density at radius 1 is 1.45 bits per heavy atom. The van der Waals surface area contributed by atoms with E-state index in [0.717, 1.165) is 35.1 Å². The number of benzene rings is 1. The van der Waals surface area contributed by atoms with Crippen molar-refractivity contribution in [2.45, 2.75) is 25.2 Å². The minimum Gasteiger partial charge on any atom is -0.494 e. The fourth-order valence-electron chi connectivity index (χ4n) is 2.87. The van der Waals surface area contributed by atoms with Crippen LogP contribution in [0.2, 0.25) is 0 Å². The Morgan fingerprint density at radius 2 is 2.25 bits per heavy atom. The van der Waals surface area contributed by atoms with Crippen molar-refractivity contribution in [1.82, 2.24) is 4.98 Å². The predicted molar refractivity (Wildman–Crippen MR) is 76.0 cm³/mol. The molecule has 1 aromatic carbocycles. The second kappa shape index (κ2) is 5.12. The minimum atomic E-state index is -0.741. The van der Waals surface area contributed by atoms with E-state index < -0.39 is 5.97 Å². The molecule has 4 nitrogen and oxygen atoms in total. The second-order valence-corrected chi connectivity index (χ2v) is 5.30. The van der Waals surface area contributed by atoms with Crippen molar-refractivity contribution in [3.63, 3.8) is 0 Å². The highest BCUT2D eigenvalue weighted by molar-refractivity contribution is 5.88. The molecule has 2 aromatic rings. The van der Waals surface area contributed by atoms with Crippen LogP contribution in [0.25, 0.3) is 10.9 Å². The van der Waals surface area contributed by atoms with Gasteiger partial charge in [0, 0.05) is 11.6 Å². The molecule has 1 aromatic heterocycles. The largest absolute Gasteiger partial charge is 0.494 e. The van der Waals surface area contributed by atoms with Gasteiger partial charge in [0.25, 0.3) is 0 Å². The molecular weight excluding hydrogens is 254 g/mol. The number of ether oxygens (including phenoxy) is 1. The van der Waals surface area contributed by atoms with Crippen LogP contribution in [0, 0.1) is 5.92 Å². The Morgan fingerprint density at radius 3 is 2.90 bits per heavy atom. The van der Waals surface area contributed by atoms with Gasteiger partial charge in [0.1, 0.15) is 11.3 Å². The fraction of sp³-hybridized carbons (Fsp3) is 0.375. The van der Waals surface area contributed by atoms with Crippen molar-refractivity contribution in [2.75, 3.05) is 7.11 Å². The molecule has 1 aliphatic carbocycles. The Labute approximate surface area is 117 Å². The molecule has 4 heteroatoms. The molecule has 0 amide bonds. The van der Waals surface area contributed by atoms with Gasteiger partial charge in [-0.25, -0.2) is 0 Å². The average molecular weight is 271 g/mol. The number of carboxylic acids is 1. The molecular formula is C16H17NO3. The third kappa shape index (κ3) is 2.33. The number of methoxy groups -OCH3 is 1. The number of aromatic nitrogens is 1. The third-order valence-corrected chi connectivity index (χ3v) is 3.97. The molecule has 1 atom stereocenters.